The summed E-state index contributed by atoms with van der Waals surface area (Å²) < 4.78 is 14.0. The van der Waals surface area contributed by atoms with Crippen LogP contribution in [0.4, 0.5) is 0 Å². The molecule has 0 fully saturated rings. The number of nitrogens with one attached hydrogen (secondary N) is 2. The topological polar surface area (TPSA) is 78.5 Å². The summed E-state index contributed by atoms with van der Waals surface area (Å²) in [6, 6.07) is 0. The molecule has 2 atom stereocenters. The Hall–Kier alpha value is -0.520. The molecule has 0 radical (unpaired) electrons. The molecule has 2 amide bonds. The first-order valence-electron chi connectivity index (χ1n) is 7.81. The highest BCUT2D eigenvalue weighted by Crippen LogP contribution is 2.58. The van der Waals surface area contributed by atoms with Crippen molar-refractivity contribution in [3.05, 3.63) is 0 Å². The van der Waals surface area contributed by atoms with E-state index in [1.165, 1.54) is 23.1 Å². The van der Waals surface area contributed by atoms with E-state index in [2.05, 4.69) is 17.3 Å². The number of hydrogen-bond acceptors (Lipinski definition) is 4. The zero-order valence-electron chi connectivity index (χ0n) is 14.3. The van der Waals surface area contributed by atoms with Gasteiger partial charge in [-0.1, -0.05) is 45.0 Å². The van der Waals surface area contributed by atoms with Crippen LogP contribution in [0, 0.1) is 0 Å². The maximum absolute atomic E-state index is 12.8. The molecule has 0 aromatic carbocycles. The van der Waals surface area contributed by atoms with E-state index in [-0.39, 0.29) is 23.6 Å². The van der Waals surface area contributed by atoms with Gasteiger partial charge in [0.25, 0.3) is 6.65 Å². The number of rotatable bonds is 11. The van der Waals surface area contributed by atoms with Crippen molar-refractivity contribution in [3.8, 4) is 0 Å². The fraction of sp³-hybridized carbons (Fsp3) is 0.857. The number of carbonyl (C=O) groups excluding carboxylic acids is 2. The number of amides is 2. The molecule has 0 bridgehead atoms. The first-order valence-corrected chi connectivity index (χ1v) is 11.0. The quantitative estimate of drug-likeness (QED) is 0.442. The van der Waals surface area contributed by atoms with Crippen molar-refractivity contribution >= 4 is 29.8 Å². The van der Waals surface area contributed by atoms with Crippen LogP contribution in [0.25, 0.3) is 0 Å². The van der Waals surface area contributed by atoms with Gasteiger partial charge in [-0.25, -0.2) is 5.09 Å². The summed E-state index contributed by atoms with van der Waals surface area (Å²) in [5.74, 6) is -0.485. The van der Waals surface area contributed by atoms with Crippen molar-refractivity contribution in [3.63, 3.8) is 0 Å². The third-order valence-electron chi connectivity index (χ3n) is 3.38. The molecule has 8 heteroatoms. The van der Waals surface area contributed by atoms with Crippen LogP contribution in [-0.2, 0) is 14.2 Å². The van der Waals surface area contributed by atoms with Crippen molar-refractivity contribution in [1.82, 2.24) is 15.1 Å². The Morgan fingerprint density at radius 2 is 1.91 bits per heavy atom. The molecule has 130 valence electrons. The Balaban J connectivity index is 4.44. The highest BCUT2D eigenvalue weighted by atomic mass is 32.7. The van der Waals surface area contributed by atoms with Gasteiger partial charge >= 0.3 is 0 Å². The molecule has 0 aliphatic heterocycles. The minimum Gasteiger partial charge on any atom is -0.347 e. The Morgan fingerprint density at radius 1 is 1.27 bits per heavy atom. The number of likely N-dealkylation sites (N-methyl/N-ethyl adjacent to an activating group) is 1. The minimum absolute atomic E-state index is 0.117. The van der Waals surface area contributed by atoms with Crippen LogP contribution >= 0.6 is 18.0 Å². The van der Waals surface area contributed by atoms with Gasteiger partial charge in [0.15, 0.2) is 0 Å². The first-order chi connectivity index (χ1) is 10.3. The van der Waals surface area contributed by atoms with E-state index in [1.54, 1.807) is 7.05 Å². The highest BCUT2D eigenvalue weighted by Gasteiger charge is 2.32. The van der Waals surface area contributed by atoms with Crippen LogP contribution < -0.4 is 10.4 Å². The van der Waals surface area contributed by atoms with E-state index < -0.39 is 6.65 Å². The first kappa shape index (κ1) is 21.5. The van der Waals surface area contributed by atoms with E-state index in [4.69, 9.17) is 0 Å². The van der Waals surface area contributed by atoms with E-state index in [9.17, 15) is 14.2 Å². The summed E-state index contributed by atoms with van der Waals surface area (Å²) >= 11 is 1.27. The van der Waals surface area contributed by atoms with Gasteiger partial charge < -0.3 is 5.32 Å². The Bertz CT molecular complexity index is 407. The van der Waals surface area contributed by atoms with Crippen LogP contribution in [0.3, 0.4) is 0 Å². The van der Waals surface area contributed by atoms with Gasteiger partial charge in [-0.3, -0.25) is 18.8 Å². The maximum Gasteiger partial charge on any atom is 0.294 e. The molecular weight excluding hydrogens is 321 g/mol. The Morgan fingerprint density at radius 3 is 2.41 bits per heavy atom. The maximum atomic E-state index is 12.8. The lowest BCUT2D eigenvalue weighted by Crippen LogP contribution is -2.38. The standard InChI is InChI=1S/C14H30N3O3PS/c1-6-8-9-10-13(18)16-11-14(19)17(5)21(20,15-4)22-12(3)7-2/h12H,6-11H2,1-5H3,(H,15,20)(H,16,18). The zero-order valence-corrected chi connectivity index (χ0v) is 16.1. The second-order valence-electron chi connectivity index (χ2n) is 5.22. The summed E-state index contributed by atoms with van der Waals surface area (Å²) in [5, 5.41) is 5.54. The average Bonchev–Trinajstić information content (AvgIpc) is 2.51. The van der Waals surface area contributed by atoms with E-state index in [0.29, 0.717) is 6.42 Å². The van der Waals surface area contributed by atoms with Crippen molar-refractivity contribution < 1.29 is 14.2 Å². The zero-order chi connectivity index (χ0) is 17.2. The molecule has 2 unspecified atom stereocenters. The summed E-state index contributed by atoms with van der Waals surface area (Å²) in [7, 11) is 3.10. The third-order valence-corrected chi connectivity index (χ3v) is 9.16. The van der Waals surface area contributed by atoms with Crippen molar-refractivity contribution in [2.75, 3.05) is 20.6 Å². The summed E-state index contributed by atoms with van der Waals surface area (Å²) in [6.45, 7) is 2.93. The lowest BCUT2D eigenvalue weighted by atomic mass is 10.2. The molecule has 0 rings (SSSR count). The minimum atomic E-state index is -3.01. The number of unbranched alkanes of at least 4 members (excludes halogenated alkanes) is 2. The lowest BCUT2D eigenvalue weighted by molar-refractivity contribution is -0.128. The van der Waals surface area contributed by atoms with E-state index in [0.717, 1.165) is 25.7 Å². The molecule has 0 saturated heterocycles. The van der Waals surface area contributed by atoms with Crippen LogP contribution in [0.2, 0.25) is 0 Å². The monoisotopic (exact) mass is 351 g/mol. The fourth-order valence-electron chi connectivity index (χ4n) is 1.65. The smallest absolute Gasteiger partial charge is 0.294 e. The Labute approximate surface area is 138 Å². The van der Waals surface area contributed by atoms with Crippen LogP contribution in [0.1, 0.15) is 52.9 Å². The molecule has 0 aromatic heterocycles. The van der Waals surface area contributed by atoms with E-state index >= 15 is 0 Å². The summed E-state index contributed by atoms with van der Waals surface area (Å²) in [6.07, 6.45) is 4.17. The predicted octanol–water partition coefficient (Wildman–Crippen LogP) is 3.00. The number of carbonyl (C=O) groups is 2. The second-order valence-corrected chi connectivity index (χ2v) is 10.4. The molecule has 0 heterocycles. The van der Waals surface area contributed by atoms with Gasteiger partial charge in [0.2, 0.25) is 11.8 Å². The van der Waals surface area contributed by atoms with Gasteiger partial charge in [-0.15, -0.1) is 0 Å². The van der Waals surface area contributed by atoms with E-state index in [1.807, 2.05) is 13.8 Å². The third kappa shape index (κ3) is 7.65. The molecule has 0 spiro atoms. The van der Waals surface area contributed by atoms with Crippen molar-refractivity contribution in [2.24, 2.45) is 0 Å². The molecule has 0 aliphatic rings. The lowest BCUT2D eigenvalue weighted by Gasteiger charge is -2.28. The average molecular weight is 351 g/mol. The van der Waals surface area contributed by atoms with Crippen LogP contribution in [0.15, 0.2) is 0 Å². The van der Waals surface area contributed by atoms with Gasteiger partial charge in [0.1, 0.15) is 0 Å². The molecule has 2 N–H and O–H groups in total. The normalized spacial score (nSPS) is 15.0. The highest BCUT2D eigenvalue weighted by molar-refractivity contribution is 8.57. The molecule has 22 heavy (non-hydrogen) atoms. The second kappa shape index (κ2) is 11.1. The largest absolute Gasteiger partial charge is 0.347 e. The molecular formula is C14H30N3O3PS. The number of hydrogen-bond donors (Lipinski definition) is 2. The summed E-state index contributed by atoms with van der Waals surface area (Å²) in [5.41, 5.74) is 0. The number of nitrogens with zero attached hydrogens (tertiary/aromatic N) is 1. The molecule has 0 saturated carbocycles. The van der Waals surface area contributed by atoms with Gasteiger partial charge in [0, 0.05) is 18.7 Å². The van der Waals surface area contributed by atoms with Crippen molar-refractivity contribution in [1.29, 1.82) is 0 Å². The van der Waals surface area contributed by atoms with Crippen LogP contribution in [-0.4, -0.2) is 42.4 Å². The Kier molecular flexibility index (Phi) is 10.8. The predicted molar refractivity (Wildman–Crippen MR) is 93.9 cm³/mol. The molecule has 0 aliphatic carbocycles. The SMILES string of the molecule is CCCCCC(=O)NCC(=O)N(C)P(=O)(NC)SC(C)CC. The molecule has 0 aromatic rings. The summed E-state index contributed by atoms with van der Waals surface area (Å²) in [4.78, 5) is 23.8. The molecule has 6 nitrogen and oxygen atoms in total. The fourth-order valence-corrected chi connectivity index (χ4v) is 6.12. The van der Waals surface area contributed by atoms with Gasteiger partial charge in [-0.2, -0.15) is 0 Å². The van der Waals surface area contributed by atoms with Gasteiger partial charge in [0.05, 0.1) is 6.54 Å². The van der Waals surface area contributed by atoms with Gasteiger partial charge in [-0.05, 0) is 19.9 Å². The van der Waals surface area contributed by atoms with Crippen molar-refractivity contribution in [2.45, 2.75) is 58.1 Å². The van der Waals surface area contributed by atoms with Crippen LogP contribution in [0.5, 0.6) is 0 Å².